The number of ether oxygens (including phenoxy) is 2. The minimum Gasteiger partial charge on any atom is -0.496 e. The Morgan fingerprint density at radius 3 is 2.68 bits per heavy atom. The number of nitrogens with one attached hydrogen (secondary N) is 2. The van der Waals surface area contributed by atoms with Crippen molar-refractivity contribution >= 4 is 34.3 Å². The molecule has 0 atom stereocenters. The van der Waals surface area contributed by atoms with E-state index in [1.807, 2.05) is 0 Å². The predicted octanol–water partition coefficient (Wildman–Crippen LogP) is 1.70. The Morgan fingerprint density at radius 2 is 1.96 bits per heavy atom. The largest absolute Gasteiger partial charge is 0.496 e. The summed E-state index contributed by atoms with van der Waals surface area (Å²) in [4.78, 5) is 39.5. The van der Waals surface area contributed by atoms with E-state index in [0.717, 1.165) is 11.3 Å². The van der Waals surface area contributed by atoms with E-state index in [2.05, 4.69) is 20.4 Å². The van der Waals surface area contributed by atoms with Crippen molar-refractivity contribution in [2.75, 3.05) is 26.1 Å². The van der Waals surface area contributed by atoms with Gasteiger partial charge in [-0.3, -0.25) is 9.59 Å². The summed E-state index contributed by atoms with van der Waals surface area (Å²) in [6, 6.07) is 6.81. The van der Waals surface area contributed by atoms with Gasteiger partial charge in [0.15, 0.2) is 5.13 Å². The summed E-state index contributed by atoms with van der Waals surface area (Å²) in [7, 11) is 2.75. The lowest BCUT2D eigenvalue weighted by Crippen LogP contribution is -2.28. The van der Waals surface area contributed by atoms with Gasteiger partial charge in [-0.15, -0.1) is 0 Å². The van der Waals surface area contributed by atoms with Gasteiger partial charge in [0.1, 0.15) is 10.6 Å². The molecule has 0 radical (unpaired) electrons. The molecular weight excluding hydrogens is 346 g/mol. The molecule has 1 heterocycles. The molecular formula is C16H17N3O5S. The van der Waals surface area contributed by atoms with Crippen LogP contribution in [0, 0.1) is 0 Å². The highest BCUT2D eigenvalue weighted by Gasteiger charge is 2.14. The Labute approximate surface area is 148 Å². The Morgan fingerprint density at radius 1 is 1.20 bits per heavy atom. The molecule has 0 spiro atoms. The second kappa shape index (κ2) is 8.78. The van der Waals surface area contributed by atoms with E-state index in [1.54, 1.807) is 24.3 Å². The molecule has 9 heteroatoms. The third-order valence-electron chi connectivity index (χ3n) is 3.13. The molecule has 2 aromatic rings. The number of anilines is 1. The van der Waals surface area contributed by atoms with Crippen molar-refractivity contribution in [3.05, 3.63) is 40.9 Å². The van der Waals surface area contributed by atoms with Gasteiger partial charge < -0.3 is 20.1 Å². The second-order valence-corrected chi connectivity index (χ2v) is 5.81. The number of benzene rings is 1. The third kappa shape index (κ3) is 5.01. The molecule has 0 saturated carbocycles. The number of para-hydroxylation sites is 1. The van der Waals surface area contributed by atoms with Crippen LogP contribution in [-0.4, -0.2) is 43.5 Å². The van der Waals surface area contributed by atoms with Crippen LogP contribution in [0.25, 0.3) is 0 Å². The van der Waals surface area contributed by atoms with Gasteiger partial charge in [0.05, 0.1) is 26.0 Å². The van der Waals surface area contributed by atoms with Gasteiger partial charge in [-0.1, -0.05) is 23.5 Å². The lowest BCUT2D eigenvalue weighted by Gasteiger charge is -2.08. The van der Waals surface area contributed by atoms with Crippen LogP contribution in [0.5, 0.6) is 5.75 Å². The fraction of sp³-hybridized carbons (Fsp3) is 0.250. The highest BCUT2D eigenvalue weighted by Crippen LogP contribution is 2.19. The molecule has 0 aliphatic rings. The first-order valence-corrected chi connectivity index (χ1v) is 8.12. The monoisotopic (exact) mass is 363 g/mol. The summed E-state index contributed by atoms with van der Waals surface area (Å²) in [6.07, 6.45) is 1.39. The highest BCUT2D eigenvalue weighted by molar-refractivity contribution is 7.17. The maximum absolute atomic E-state index is 12.1. The summed E-state index contributed by atoms with van der Waals surface area (Å²) in [5.41, 5.74) is 0.396. The summed E-state index contributed by atoms with van der Waals surface area (Å²) in [5.74, 6) is -0.705. The zero-order valence-corrected chi connectivity index (χ0v) is 14.5. The van der Waals surface area contributed by atoms with Crippen molar-refractivity contribution in [2.45, 2.75) is 6.42 Å². The highest BCUT2D eigenvalue weighted by atomic mass is 32.1. The zero-order valence-electron chi connectivity index (χ0n) is 13.7. The fourth-order valence-electron chi connectivity index (χ4n) is 1.93. The molecule has 0 unspecified atom stereocenters. The van der Waals surface area contributed by atoms with Crippen molar-refractivity contribution in [3.63, 3.8) is 0 Å². The Bertz CT molecular complexity index is 775. The second-order valence-electron chi connectivity index (χ2n) is 4.78. The summed E-state index contributed by atoms with van der Waals surface area (Å²) < 4.78 is 9.69. The van der Waals surface area contributed by atoms with Crippen LogP contribution in [0.2, 0.25) is 0 Å². The van der Waals surface area contributed by atoms with E-state index in [0.29, 0.717) is 21.3 Å². The normalized spacial score (nSPS) is 10.0. The van der Waals surface area contributed by atoms with Crippen LogP contribution >= 0.6 is 11.3 Å². The number of thiazole rings is 1. The van der Waals surface area contributed by atoms with Crippen molar-refractivity contribution in [1.82, 2.24) is 10.3 Å². The number of carbonyl (C=O) groups is 3. The first-order valence-electron chi connectivity index (χ1n) is 7.30. The van der Waals surface area contributed by atoms with Crippen LogP contribution < -0.4 is 15.4 Å². The third-order valence-corrected chi connectivity index (χ3v) is 4.02. The number of rotatable bonds is 7. The first kappa shape index (κ1) is 18.4. The number of amides is 2. The lowest BCUT2D eigenvalue weighted by atomic mass is 10.2. The quantitative estimate of drug-likeness (QED) is 0.725. The average Bonchev–Trinajstić information content (AvgIpc) is 3.09. The predicted molar refractivity (Wildman–Crippen MR) is 92.0 cm³/mol. The molecule has 25 heavy (non-hydrogen) atoms. The van der Waals surface area contributed by atoms with Gasteiger partial charge in [0.2, 0.25) is 5.91 Å². The van der Waals surface area contributed by atoms with E-state index in [4.69, 9.17) is 4.74 Å². The molecule has 0 saturated heterocycles. The number of aromatic nitrogens is 1. The molecule has 0 aliphatic heterocycles. The molecule has 1 aromatic carbocycles. The Balaban J connectivity index is 1.81. The minimum atomic E-state index is -0.512. The Hall–Kier alpha value is -2.94. The number of hydrogen-bond acceptors (Lipinski definition) is 7. The van der Waals surface area contributed by atoms with Gasteiger partial charge in [-0.05, 0) is 12.1 Å². The topological polar surface area (TPSA) is 107 Å². The number of esters is 1. The molecule has 0 aliphatic carbocycles. The number of methoxy groups -OCH3 is 2. The molecule has 1 aromatic heterocycles. The van der Waals surface area contributed by atoms with Gasteiger partial charge in [-0.2, -0.15) is 0 Å². The van der Waals surface area contributed by atoms with E-state index in [-0.39, 0.29) is 24.8 Å². The smallest absolute Gasteiger partial charge is 0.349 e. The van der Waals surface area contributed by atoms with Gasteiger partial charge in [0.25, 0.3) is 5.91 Å². The maximum atomic E-state index is 12.1. The SMILES string of the molecule is COC(=O)c1cnc(NC(=O)CCNC(=O)c2ccccc2OC)s1. The van der Waals surface area contributed by atoms with Crippen LogP contribution in [-0.2, 0) is 9.53 Å². The Kier molecular flexibility index (Phi) is 6.47. The van der Waals surface area contributed by atoms with Crippen LogP contribution in [0.1, 0.15) is 26.5 Å². The van der Waals surface area contributed by atoms with Gasteiger partial charge in [0, 0.05) is 13.0 Å². The summed E-state index contributed by atoms with van der Waals surface area (Å²) in [5, 5.41) is 5.51. The fourth-order valence-corrected chi connectivity index (χ4v) is 2.68. The summed E-state index contributed by atoms with van der Waals surface area (Å²) >= 11 is 1.01. The van der Waals surface area contributed by atoms with Crippen LogP contribution in [0.4, 0.5) is 5.13 Å². The molecule has 2 rings (SSSR count). The van der Waals surface area contributed by atoms with Crippen molar-refractivity contribution in [3.8, 4) is 5.75 Å². The number of carbonyl (C=O) groups excluding carboxylic acids is 3. The molecule has 8 nitrogen and oxygen atoms in total. The molecule has 0 fully saturated rings. The van der Waals surface area contributed by atoms with E-state index in [9.17, 15) is 14.4 Å². The van der Waals surface area contributed by atoms with Crippen molar-refractivity contribution in [2.24, 2.45) is 0 Å². The maximum Gasteiger partial charge on any atom is 0.349 e. The molecule has 0 bridgehead atoms. The zero-order chi connectivity index (χ0) is 18.2. The van der Waals surface area contributed by atoms with E-state index in [1.165, 1.54) is 20.4 Å². The van der Waals surface area contributed by atoms with Crippen molar-refractivity contribution < 1.29 is 23.9 Å². The van der Waals surface area contributed by atoms with Crippen LogP contribution in [0.3, 0.4) is 0 Å². The van der Waals surface area contributed by atoms with Crippen molar-refractivity contribution in [1.29, 1.82) is 0 Å². The lowest BCUT2D eigenvalue weighted by molar-refractivity contribution is -0.116. The number of hydrogen-bond donors (Lipinski definition) is 2. The van der Waals surface area contributed by atoms with Gasteiger partial charge >= 0.3 is 5.97 Å². The first-order chi connectivity index (χ1) is 12.0. The molecule has 2 amide bonds. The average molecular weight is 363 g/mol. The standard InChI is InChI=1S/C16H17N3O5S/c1-23-11-6-4-3-5-10(11)14(21)17-8-7-13(20)19-16-18-9-12(25-16)15(22)24-2/h3-6,9H,7-8H2,1-2H3,(H,17,21)(H,18,19,20). The molecule has 132 valence electrons. The van der Waals surface area contributed by atoms with E-state index >= 15 is 0 Å². The van der Waals surface area contributed by atoms with Crippen LogP contribution in [0.15, 0.2) is 30.5 Å². The minimum absolute atomic E-state index is 0.0635. The van der Waals surface area contributed by atoms with Gasteiger partial charge in [-0.25, -0.2) is 9.78 Å². The van der Waals surface area contributed by atoms with E-state index < -0.39 is 5.97 Å². The number of nitrogens with zero attached hydrogens (tertiary/aromatic N) is 1. The molecule has 2 N–H and O–H groups in total. The summed E-state index contributed by atoms with van der Waals surface area (Å²) in [6.45, 7) is 0.151.